The molecule has 1 rings (SSSR count). The zero-order valence-electron chi connectivity index (χ0n) is 12.3. The summed E-state index contributed by atoms with van der Waals surface area (Å²) in [4.78, 5) is 2.04. The fraction of sp³-hybridized carbons (Fsp3) is 0.538. The highest BCUT2D eigenvalue weighted by Gasteiger charge is 2.18. The normalized spacial score (nSPS) is 12.3. The van der Waals surface area contributed by atoms with Crippen molar-refractivity contribution >= 4 is 15.7 Å². The van der Waals surface area contributed by atoms with Gasteiger partial charge in [0.25, 0.3) is 0 Å². The van der Waals surface area contributed by atoms with Crippen LogP contribution in [0.25, 0.3) is 0 Å². The molecular weight excluding hydrogens is 281 g/mol. The summed E-state index contributed by atoms with van der Waals surface area (Å²) in [6, 6.07) is 2.62. The van der Waals surface area contributed by atoms with Crippen molar-refractivity contribution in [2.45, 2.75) is 31.7 Å². The van der Waals surface area contributed by atoms with Gasteiger partial charge in [0.2, 0.25) is 10.0 Å². The third kappa shape index (κ3) is 4.16. The van der Waals surface area contributed by atoms with E-state index < -0.39 is 15.8 Å². The number of nitrogens with one attached hydrogen (secondary N) is 1. The minimum absolute atomic E-state index is 0.0172. The second-order valence-corrected chi connectivity index (χ2v) is 6.85. The van der Waals surface area contributed by atoms with Crippen molar-refractivity contribution in [3.8, 4) is 0 Å². The number of hydrogen-bond acceptors (Lipinski definition) is 4. The number of hydrogen-bond donors (Lipinski definition) is 2. The Labute approximate surface area is 120 Å². The van der Waals surface area contributed by atoms with E-state index >= 15 is 0 Å². The SMILES string of the molecule is Cc1cc(F)c(N)cc1S(=O)(=O)NCCN(C)C(C)C. The van der Waals surface area contributed by atoms with E-state index in [2.05, 4.69) is 4.72 Å². The first kappa shape index (κ1) is 16.9. The highest BCUT2D eigenvalue weighted by Crippen LogP contribution is 2.21. The smallest absolute Gasteiger partial charge is 0.240 e. The number of nitrogen functional groups attached to an aromatic ring is 1. The molecule has 0 saturated carbocycles. The number of sulfonamides is 1. The summed E-state index contributed by atoms with van der Waals surface area (Å²) >= 11 is 0. The predicted molar refractivity (Wildman–Crippen MR) is 78.5 cm³/mol. The molecule has 0 aromatic heterocycles. The molecule has 5 nitrogen and oxygen atoms in total. The number of nitrogens with two attached hydrogens (primary N) is 1. The van der Waals surface area contributed by atoms with Crippen molar-refractivity contribution in [3.63, 3.8) is 0 Å². The lowest BCUT2D eigenvalue weighted by molar-refractivity contribution is 0.278. The molecule has 0 aliphatic rings. The average molecular weight is 303 g/mol. The Hall–Kier alpha value is -1.18. The van der Waals surface area contributed by atoms with E-state index in [0.29, 0.717) is 18.2 Å². The maximum Gasteiger partial charge on any atom is 0.240 e. The maximum absolute atomic E-state index is 13.2. The summed E-state index contributed by atoms with van der Waals surface area (Å²) in [5, 5.41) is 0. The Kier molecular flexibility index (Phi) is 5.50. The molecule has 0 atom stereocenters. The van der Waals surface area contributed by atoms with Crippen LogP contribution in [0.4, 0.5) is 10.1 Å². The summed E-state index contributed by atoms with van der Waals surface area (Å²) in [6.45, 7) is 6.47. The van der Waals surface area contributed by atoms with Gasteiger partial charge in [0.1, 0.15) is 5.82 Å². The molecule has 0 aliphatic heterocycles. The molecule has 0 heterocycles. The Morgan fingerprint density at radius 1 is 1.40 bits per heavy atom. The van der Waals surface area contributed by atoms with Gasteiger partial charge >= 0.3 is 0 Å². The third-order valence-electron chi connectivity index (χ3n) is 3.22. The standard InChI is InChI=1S/C13H22FN3O2S/c1-9(2)17(4)6-5-16-20(18,19)13-8-12(15)11(14)7-10(13)3/h7-9,16H,5-6,15H2,1-4H3. The minimum Gasteiger partial charge on any atom is -0.396 e. The molecule has 0 unspecified atom stereocenters. The van der Waals surface area contributed by atoms with E-state index in [4.69, 9.17) is 5.73 Å². The number of benzene rings is 1. The van der Waals surface area contributed by atoms with Crippen molar-refractivity contribution in [2.75, 3.05) is 25.9 Å². The van der Waals surface area contributed by atoms with Crippen molar-refractivity contribution < 1.29 is 12.8 Å². The van der Waals surface area contributed by atoms with Crippen LogP contribution in [0.15, 0.2) is 17.0 Å². The molecule has 0 aliphatic carbocycles. The zero-order valence-corrected chi connectivity index (χ0v) is 13.1. The van der Waals surface area contributed by atoms with E-state index in [1.165, 1.54) is 6.92 Å². The maximum atomic E-state index is 13.2. The van der Waals surface area contributed by atoms with E-state index in [0.717, 1.165) is 12.1 Å². The molecule has 20 heavy (non-hydrogen) atoms. The first-order chi connectivity index (χ1) is 9.15. The molecular formula is C13H22FN3O2S. The van der Waals surface area contributed by atoms with Crippen LogP contribution < -0.4 is 10.5 Å². The molecule has 0 bridgehead atoms. The van der Waals surface area contributed by atoms with Crippen molar-refractivity contribution in [3.05, 3.63) is 23.5 Å². The first-order valence-corrected chi connectivity index (χ1v) is 7.89. The van der Waals surface area contributed by atoms with Gasteiger partial charge in [0.05, 0.1) is 10.6 Å². The van der Waals surface area contributed by atoms with Crippen molar-refractivity contribution in [1.82, 2.24) is 9.62 Å². The second-order valence-electron chi connectivity index (χ2n) is 5.11. The van der Waals surface area contributed by atoms with Crippen molar-refractivity contribution in [2.24, 2.45) is 0 Å². The van der Waals surface area contributed by atoms with E-state index in [-0.39, 0.29) is 17.1 Å². The average Bonchev–Trinajstić information content (AvgIpc) is 2.33. The van der Waals surface area contributed by atoms with Crippen LogP contribution in [0.3, 0.4) is 0 Å². The molecule has 0 fully saturated rings. The van der Waals surface area contributed by atoms with E-state index in [9.17, 15) is 12.8 Å². The lowest BCUT2D eigenvalue weighted by Crippen LogP contribution is -2.36. The Morgan fingerprint density at radius 3 is 2.55 bits per heavy atom. The van der Waals surface area contributed by atoms with Crippen LogP contribution in [-0.4, -0.2) is 39.5 Å². The lowest BCUT2D eigenvalue weighted by atomic mass is 10.2. The minimum atomic E-state index is -3.67. The first-order valence-electron chi connectivity index (χ1n) is 6.40. The van der Waals surface area contributed by atoms with Crippen molar-refractivity contribution in [1.29, 1.82) is 0 Å². The summed E-state index contributed by atoms with van der Waals surface area (Å²) in [5.41, 5.74) is 5.59. The zero-order chi connectivity index (χ0) is 15.5. The quantitative estimate of drug-likeness (QED) is 0.778. The Balaban J connectivity index is 2.82. The number of anilines is 1. The van der Waals surface area contributed by atoms with Crippen LogP contribution in [0.5, 0.6) is 0 Å². The van der Waals surface area contributed by atoms with Crippen LogP contribution in [0.1, 0.15) is 19.4 Å². The highest BCUT2D eigenvalue weighted by atomic mass is 32.2. The van der Waals surface area contributed by atoms with Gasteiger partial charge in [-0.1, -0.05) is 0 Å². The monoisotopic (exact) mass is 303 g/mol. The highest BCUT2D eigenvalue weighted by molar-refractivity contribution is 7.89. The molecule has 0 saturated heterocycles. The molecule has 0 amide bonds. The fourth-order valence-corrected chi connectivity index (χ4v) is 2.93. The molecule has 0 radical (unpaired) electrons. The number of nitrogens with zero attached hydrogens (tertiary/aromatic N) is 1. The summed E-state index contributed by atoms with van der Waals surface area (Å²) in [5.74, 6) is -0.610. The van der Waals surface area contributed by atoms with Gasteiger partial charge in [-0.05, 0) is 45.5 Å². The Bertz CT molecular complexity index is 573. The van der Waals surface area contributed by atoms with Gasteiger partial charge in [-0.25, -0.2) is 17.5 Å². The predicted octanol–water partition coefficient (Wildman–Crippen LogP) is 1.33. The van der Waals surface area contributed by atoms with Gasteiger partial charge in [-0.3, -0.25) is 0 Å². The summed E-state index contributed by atoms with van der Waals surface area (Å²) in [7, 11) is -1.76. The largest absolute Gasteiger partial charge is 0.396 e. The second kappa shape index (κ2) is 6.51. The van der Waals surface area contributed by atoms with Crippen LogP contribution in [-0.2, 0) is 10.0 Å². The topological polar surface area (TPSA) is 75.4 Å². The van der Waals surface area contributed by atoms with Crippen LogP contribution >= 0.6 is 0 Å². The van der Waals surface area contributed by atoms with Gasteiger partial charge in [-0.2, -0.15) is 0 Å². The fourth-order valence-electron chi connectivity index (χ4n) is 1.65. The van der Waals surface area contributed by atoms with Gasteiger partial charge in [-0.15, -0.1) is 0 Å². The number of rotatable bonds is 6. The van der Waals surface area contributed by atoms with Crippen LogP contribution in [0.2, 0.25) is 0 Å². The molecule has 7 heteroatoms. The Morgan fingerprint density at radius 2 is 2.00 bits per heavy atom. The lowest BCUT2D eigenvalue weighted by Gasteiger charge is -2.21. The van der Waals surface area contributed by atoms with Crippen LogP contribution in [0, 0.1) is 12.7 Å². The molecule has 114 valence electrons. The third-order valence-corrected chi connectivity index (χ3v) is 4.82. The number of likely N-dealkylation sites (N-methyl/N-ethyl adjacent to an activating group) is 1. The van der Waals surface area contributed by atoms with Gasteiger partial charge in [0, 0.05) is 19.1 Å². The number of halogens is 1. The molecule has 0 spiro atoms. The summed E-state index contributed by atoms with van der Waals surface area (Å²) in [6.07, 6.45) is 0. The molecule has 1 aromatic carbocycles. The summed E-state index contributed by atoms with van der Waals surface area (Å²) < 4.78 is 40.1. The number of aryl methyl sites for hydroxylation is 1. The van der Waals surface area contributed by atoms with Gasteiger partial charge in [0.15, 0.2) is 0 Å². The van der Waals surface area contributed by atoms with E-state index in [1.54, 1.807) is 0 Å². The van der Waals surface area contributed by atoms with E-state index in [1.807, 2.05) is 25.8 Å². The van der Waals surface area contributed by atoms with Gasteiger partial charge < -0.3 is 10.6 Å². The molecule has 3 N–H and O–H groups in total. The molecule has 1 aromatic rings.